The maximum Gasteiger partial charge on any atom is 0.325 e. The van der Waals surface area contributed by atoms with E-state index in [2.05, 4.69) is 10.6 Å². The first-order chi connectivity index (χ1) is 13.5. The topological polar surface area (TPSA) is 105 Å². The van der Waals surface area contributed by atoms with Gasteiger partial charge < -0.3 is 20.3 Å². The molecule has 0 saturated heterocycles. The fraction of sp³-hybridized carbons (Fsp3) is 0.263. The van der Waals surface area contributed by atoms with Gasteiger partial charge in [0.05, 0.1) is 16.3 Å². The van der Waals surface area contributed by atoms with Gasteiger partial charge in [-0.1, -0.05) is 18.2 Å². The van der Waals surface area contributed by atoms with E-state index in [9.17, 15) is 19.2 Å². The number of ether oxygens (including phenoxy) is 1. The van der Waals surface area contributed by atoms with E-state index in [0.29, 0.717) is 16.3 Å². The quantitative estimate of drug-likeness (QED) is 0.743. The molecule has 1 aliphatic heterocycles. The van der Waals surface area contributed by atoms with Crippen LogP contribution in [0, 0.1) is 0 Å². The molecule has 0 radical (unpaired) electrons. The minimum atomic E-state index is -0.719. The van der Waals surface area contributed by atoms with Crippen molar-refractivity contribution in [2.75, 3.05) is 23.4 Å². The molecule has 28 heavy (non-hydrogen) atoms. The van der Waals surface area contributed by atoms with Crippen LogP contribution in [0.25, 0.3) is 0 Å². The summed E-state index contributed by atoms with van der Waals surface area (Å²) in [5, 5.41) is 6.96. The predicted molar refractivity (Wildman–Crippen MR) is 104 cm³/mol. The Hall–Kier alpha value is -3.20. The zero-order chi connectivity index (χ0) is 20.1. The number of anilines is 2. The van der Waals surface area contributed by atoms with E-state index in [-0.39, 0.29) is 24.8 Å². The lowest BCUT2D eigenvalue weighted by Crippen LogP contribution is -2.42. The molecule has 146 valence electrons. The Labute approximate surface area is 165 Å². The van der Waals surface area contributed by atoms with Gasteiger partial charge in [0, 0.05) is 12.5 Å². The number of fused-ring (bicyclic) bond motifs is 1. The first-order valence-corrected chi connectivity index (χ1v) is 9.52. The summed E-state index contributed by atoms with van der Waals surface area (Å²) in [4.78, 5) is 50.3. The highest BCUT2D eigenvalue weighted by atomic mass is 32.1. The van der Waals surface area contributed by atoms with Crippen molar-refractivity contribution in [1.29, 1.82) is 0 Å². The highest BCUT2D eigenvalue weighted by Gasteiger charge is 2.30. The van der Waals surface area contributed by atoms with Gasteiger partial charge in [0.1, 0.15) is 6.54 Å². The highest BCUT2D eigenvalue weighted by molar-refractivity contribution is 7.12. The summed E-state index contributed by atoms with van der Waals surface area (Å²) in [6, 6.07) is 9.92. The third kappa shape index (κ3) is 4.55. The SMILES string of the molecule is C[C@@H]1CC(=O)Nc2ccccc2N1C(=O)COC(=O)CNC(=O)c1cccs1. The summed E-state index contributed by atoms with van der Waals surface area (Å²) in [5.41, 5.74) is 1.08. The molecule has 1 atom stereocenters. The molecule has 0 bridgehead atoms. The molecule has 3 amide bonds. The number of hydrogen-bond acceptors (Lipinski definition) is 6. The number of rotatable bonds is 5. The standard InChI is InChI=1S/C19H19N3O5S/c1-12-9-16(23)21-13-5-2-3-6-14(13)22(12)17(24)11-27-18(25)10-20-19(26)15-7-4-8-28-15/h2-8,12H,9-11H2,1H3,(H,20,26)(H,21,23)/t12-/m1/s1. The van der Waals surface area contributed by atoms with Crippen molar-refractivity contribution in [3.63, 3.8) is 0 Å². The third-order valence-corrected chi connectivity index (χ3v) is 4.99. The number of nitrogens with one attached hydrogen (secondary N) is 2. The number of thiophene rings is 1. The Bertz CT molecular complexity index is 897. The van der Waals surface area contributed by atoms with Gasteiger partial charge in [-0.3, -0.25) is 19.2 Å². The zero-order valence-electron chi connectivity index (χ0n) is 15.1. The van der Waals surface area contributed by atoms with Gasteiger partial charge in [-0.2, -0.15) is 0 Å². The summed E-state index contributed by atoms with van der Waals surface area (Å²) < 4.78 is 5.01. The molecule has 2 aromatic rings. The van der Waals surface area contributed by atoms with E-state index in [1.54, 1.807) is 48.7 Å². The van der Waals surface area contributed by atoms with Crippen LogP contribution in [0.4, 0.5) is 11.4 Å². The van der Waals surface area contributed by atoms with Crippen molar-refractivity contribution in [3.8, 4) is 0 Å². The maximum absolute atomic E-state index is 12.7. The number of carbonyl (C=O) groups excluding carboxylic acids is 4. The van der Waals surface area contributed by atoms with Crippen LogP contribution in [-0.4, -0.2) is 42.9 Å². The Morgan fingerprint density at radius 3 is 2.79 bits per heavy atom. The van der Waals surface area contributed by atoms with Gasteiger partial charge in [0.2, 0.25) is 5.91 Å². The molecule has 3 rings (SSSR count). The normalized spacial score (nSPS) is 15.8. The van der Waals surface area contributed by atoms with E-state index >= 15 is 0 Å². The van der Waals surface area contributed by atoms with Crippen molar-refractivity contribution in [2.45, 2.75) is 19.4 Å². The molecule has 1 aromatic carbocycles. The second-order valence-corrected chi connectivity index (χ2v) is 7.15. The van der Waals surface area contributed by atoms with Crippen molar-refractivity contribution >= 4 is 46.4 Å². The molecule has 0 fully saturated rings. The first kappa shape index (κ1) is 19.6. The van der Waals surface area contributed by atoms with E-state index < -0.39 is 24.5 Å². The Morgan fingerprint density at radius 1 is 1.25 bits per heavy atom. The largest absolute Gasteiger partial charge is 0.454 e. The number of hydrogen-bond donors (Lipinski definition) is 2. The van der Waals surface area contributed by atoms with Crippen LogP contribution in [0.15, 0.2) is 41.8 Å². The first-order valence-electron chi connectivity index (χ1n) is 8.64. The molecule has 2 heterocycles. The number of para-hydroxylation sites is 2. The summed E-state index contributed by atoms with van der Waals surface area (Å²) in [7, 11) is 0. The molecule has 1 aliphatic rings. The molecule has 0 unspecified atom stereocenters. The Balaban J connectivity index is 1.58. The molecular formula is C19H19N3O5S. The predicted octanol–water partition coefficient (Wildman–Crippen LogP) is 1.78. The molecule has 9 heteroatoms. The van der Waals surface area contributed by atoms with Crippen LogP contribution in [0.1, 0.15) is 23.0 Å². The smallest absolute Gasteiger partial charge is 0.325 e. The van der Waals surface area contributed by atoms with Crippen molar-refractivity contribution < 1.29 is 23.9 Å². The lowest BCUT2D eigenvalue weighted by Gasteiger charge is -2.27. The molecular weight excluding hydrogens is 382 g/mol. The van der Waals surface area contributed by atoms with E-state index in [4.69, 9.17) is 4.74 Å². The van der Waals surface area contributed by atoms with Crippen LogP contribution < -0.4 is 15.5 Å². The lowest BCUT2D eigenvalue weighted by atomic mass is 10.1. The maximum atomic E-state index is 12.7. The van der Waals surface area contributed by atoms with Gasteiger partial charge in [0.15, 0.2) is 6.61 Å². The van der Waals surface area contributed by atoms with Gasteiger partial charge in [0.25, 0.3) is 11.8 Å². The van der Waals surface area contributed by atoms with Crippen molar-refractivity contribution in [3.05, 3.63) is 46.7 Å². The van der Waals surface area contributed by atoms with Gasteiger partial charge in [-0.05, 0) is 30.5 Å². The monoisotopic (exact) mass is 401 g/mol. The van der Waals surface area contributed by atoms with Gasteiger partial charge in [-0.15, -0.1) is 11.3 Å². The minimum absolute atomic E-state index is 0.130. The Kier molecular flexibility index (Phi) is 6.05. The molecule has 0 spiro atoms. The fourth-order valence-electron chi connectivity index (χ4n) is 2.88. The zero-order valence-corrected chi connectivity index (χ0v) is 16.0. The van der Waals surface area contributed by atoms with Crippen LogP contribution in [0.5, 0.6) is 0 Å². The number of amides is 3. The molecule has 1 aromatic heterocycles. The number of nitrogens with zero attached hydrogens (tertiary/aromatic N) is 1. The third-order valence-electron chi connectivity index (χ3n) is 4.12. The average Bonchev–Trinajstić information content (AvgIpc) is 3.16. The van der Waals surface area contributed by atoms with Crippen molar-refractivity contribution in [1.82, 2.24) is 5.32 Å². The lowest BCUT2D eigenvalue weighted by molar-refractivity contribution is -0.146. The van der Waals surface area contributed by atoms with Gasteiger partial charge in [-0.25, -0.2) is 0 Å². The fourth-order valence-corrected chi connectivity index (χ4v) is 3.52. The summed E-state index contributed by atoms with van der Waals surface area (Å²) in [6.07, 6.45) is 0.130. The van der Waals surface area contributed by atoms with E-state index in [1.807, 2.05) is 0 Å². The minimum Gasteiger partial charge on any atom is -0.454 e. The number of benzene rings is 1. The summed E-state index contributed by atoms with van der Waals surface area (Å²) in [6.45, 7) is 0.930. The molecule has 0 saturated carbocycles. The van der Waals surface area contributed by atoms with E-state index in [0.717, 1.165) is 0 Å². The highest BCUT2D eigenvalue weighted by Crippen LogP contribution is 2.31. The molecule has 0 aliphatic carbocycles. The second kappa shape index (κ2) is 8.66. The number of esters is 1. The van der Waals surface area contributed by atoms with Gasteiger partial charge >= 0.3 is 5.97 Å². The average molecular weight is 401 g/mol. The Morgan fingerprint density at radius 2 is 2.04 bits per heavy atom. The van der Waals surface area contributed by atoms with Crippen molar-refractivity contribution in [2.24, 2.45) is 0 Å². The molecule has 8 nitrogen and oxygen atoms in total. The second-order valence-electron chi connectivity index (χ2n) is 6.20. The van der Waals surface area contributed by atoms with Crippen LogP contribution >= 0.6 is 11.3 Å². The van der Waals surface area contributed by atoms with Crippen LogP contribution in [0.2, 0.25) is 0 Å². The van der Waals surface area contributed by atoms with E-state index in [1.165, 1.54) is 16.2 Å². The van der Waals surface area contributed by atoms with Crippen LogP contribution in [-0.2, 0) is 19.1 Å². The number of carbonyl (C=O) groups is 4. The van der Waals surface area contributed by atoms with Crippen LogP contribution in [0.3, 0.4) is 0 Å². The molecule has 2 N–H and O–H groups in total. The summed E-state index contributed by atoms with van der Waals surface area (Å²) in [5.74, 6) is -1.74. The summed E-state index contributed by atoms with van der Waals surface area (Å²) >= 11 is 1.26.